The van der Waals surface area contributed by atoms with Crippen LogP contribution in [0.25, 0.3) is 0 Å². The van der Waals surface area contributed by atoms with Gasteiger partial charge in [-0.15, -0.1) is 0 Å². The van der Waals surface area contributed by atoms with Crippen LogP contribution in [0.2, 0.25) is 0 Å². The summed E-state index contributed by atoms with van der Waals surface area (Å²) in [5.41, 5.74) is 7.32. The van der Waals surface area contributed by atoms with E-state index in [1.165, 1.54) is 16.7 Å². The topological polar surface area (TPSA) is 29.5 Å². The number of carbonyl (C=O) groups is 1. The molecule has 33 heavy (non-hydrogen) atoms. The van der Waals surface area contributed by atoms with Gasteiger partial charge in [0.25, 0.3) is 0 Å². The van der Waals surface area contributed by atoms with Crippen molar-refractivity contribution >= 4 is 23.0 Å². The highest BCUT2D eigenvalue weighted by atomic mass is 16.5. The quantitative estimate of drug-likeness (QED) is 0.222. The fourth-order valence-electron chi connectivity index (χ4n) is 3.74. The molecule has 174 valence electrons. The van der Waals surface area contributed by atoms with Gasteiger partial charge in [0.05, 0.1) is 12.5 Å². The Bertz CT molecular complexity index is 945. The number of anilines is 3. The molecule has 3 rings (SSSR count). The van der Waals surface area contributed by atoms with Gasteiger partial charge in [-0.1, -0.05) is 61.4 Å². The first-order chi connectivity index (χ1) is 16.0. The molecule has 3 aromatic rings. The minimum atomic E-state index is -0.0696. The average Bonchev–Trinajstić information content (AvgIpc) is 2.84. The maximum absolute atomic E-state index is 11.7. The SMILES string of the molecule is CCC(C)C(=O)OCCCCCc1ccc(N(c2ccc(C)cc2)c2ccc(C)cc2)cc1. The normalized spacial score (nSPS) is 11.8. The second-order valence-corrected chi connectivity index (χ2v) is 8.96. The summed E-state index contributed by atoms with van der Waals surface area (Å²) < 4.78 is 5.34. The average molecular weight is 444 g/mol. The summed E-state index contributed by atoms with van der Waals surface area (Å²) in [5.74, 6) is -0.0669. The van der Waals surface area contributed by atoms with E-state index in [1.54, 1.807) is 0 Å². The Labute approximate surface area is 199 Å². The van der Waals surface area contributed by atoms with Crippen LogP contribution in [0.1, 0.15) is 56.2 Å². The zero-order valence-electron chi connectivity index (χ0n) is 20.5. The van der Waals surface area contributed by atoms with Gasteiger partial charge in [0.2, 0.25) is 0 Å². The number of esters is 1. The van der Waals surface area contributed by atoms with Gasteiger partial charge < -0.3 is 9.64 Å². The molecule has 1 atom stereocenters. The smallest absolute Gasteiger partial charge is 0.308 e. The first-order valence-electron chi connectivity index (χ1n) is 12.2. The molecule has 0 aliphatic heterocycles. The van der Waals surface area contributed by atoms with Crippen LogP contribution in [0, 0.1) is 19.8 Å². The van der Waals surface area contributed by atoms with Crippen LogP contribution >= 0.6 is 0 Å². The Balaban J connectivity index is 1.59. The van der Waals surface area contributed by atoms with E-state index in [0.29, 0.717) is 6.61 Å². The Morgan fingerprint density at radius 2 is 1.24 bits per heavy atom. The van der Waals surface area contributed by atoms with Crippen molar-refractivity contribution in [1.82, 2.24) is 0 Å². The van der Waals surface area contributed by atoms with E-state index in [0.717, 1.165) is 49.2 Å². The zero-order chi connectivity index (χ0) is 23.6. The fourth-order valence-corrected chi connectivity index (χ4v) is 3.74. The third-order valence-corrected chi connectivity index (χ3v) is 6.15. The monoisotopic (exact) mass is 443 g/mol. The maximum atomic E-state index is 11.7. The Morgan fingerprint density at radius 3 is 1.73 bits per heavy atom. The van der Waals surface area contributed by atoms with Gasteiger partial charge in [-0.3, -0.25) is 4.79 Å². The molecule has 0 amide bonds. The fraction of sp³-hybridized carbons (Fsp3) is 0.367. The lowest BCUT2D eigenvalue weighted by Gasteiger charge is -2.26. The van der Waals surface area contributed by atoms with Crippen molar-refractivity contribution < 1.29 is 9.53 Å². The number of benzene rings is 3. The minimum absolute atomic E-state index is 0.00268. The van der Waals surface area contributed by atoms with Crippen molar-refractivity contribution in [3.05, 3.63) is 89.5 Å². The van der Waals surface area contributed by atoms with E-state index in [-0.39, 0.29) is 11.9 Å². The van der Waals surface area contributed by atoms with Gasteiger partial charge in [0.1, 0.15) is 0 Å². The largest absolute Gasteiger partial charge is 0.465 e. The highest BCUT2D eigenvalue weighted by molar-refractivity contribution is 5.76. The number of carbonyl (C=O) groups excluding carboxylic acids is 1. The molecule has 3 nitrogen and oxygen atoms in total. The van der Waals surface area contributed by atoms with Gasteiger partial charge >= 0.3 is 5.97 Å². The molecule has 3 aromatic carbocycles. The van der Waals surface area contributed by atoms with Crippen LogP contribution in [-0.4, -0.2) is 12.6 Å². The van der Waals surface area contributed by atoms with Crippen LogP contribution < -0.4 is 4.90 Å². The van der Waals surface area contributed by atoms with Crippen LogP contribution in [0.4, 0.5) is 17.1 Å². The standard InChI is InChI=1S/C30H37NO2/c1-5-25(4)30(32)33-22-8-6-7-9-26-14-20-29(21-15-26)31(27-16-10-23(2)11-17-27)28-18-12-24(3)13-19-28/h10-21,25H,5-9,22H2,1-4H3. The van der Waals surface area contributed by atoms with E-state index in [2.05, 4.69) is 91.5 Å². The van der Waals surface area contributed by atoms with Gasteiger partial charge in [0, 0.05) is 17.1 Å². The zero-order valence-corrected chi connectivity index (χ0v) is 20.5. The molecule has 0 aliphatic rings. The minimum Gasteiger partial charge on any atom is -0.465 e. The van der Waals surface area contributed by atoms with Gasteiger partial charge in [-0.05, 0) is 87.9 Å². The lowest BCUT2D eigenvalue weighted by atomic mass is 10.1. The molecule has 0 aromatic heterocycles. The van der Waals surface area contributed by atoms with Crippen molar-refractivity contribution in [1.29, 1.82) is 0 Å². The van der Waals surface area contributed by atoms with Crippen molar-refractivity contribution in [2.45, 2.75) is 59.8 Å². The summed E-state index contributed by atoms with van der Waals surface area (Å²) >= 11 is 0. The van der Waals surface area contributed by atoms with E-state index in [9.17, 15) is 4.79 Å². The van der Waals surface area contributed by atoms with Crippen LogP contribution in [0.15, 0.2) is 72.8 Å². The number of rotatable bonds is 11. The summed E-state index contributed by atoms with van der Waals surface area (Å²) in [6.45, 7) is 8.70. The van der Waals surface area contributed by atoms with Crippen molar-refractivity contribution in [2.24, 2.45) is 5.92 Å². The molecule has 0 saturated carbocycles. The molecule has 0 spiro atoms. The first kappa shape index (κ1) is 24.6. The number of unbranched alkanes of at least 4 members (excludes halogenated alkanes) is 2. The van der Waals surface area contributed by atoms with Gasteiger partial charge in [0.15, 0.2) is 0 Å². The van der Waals surface area contributed by atoms with Gasteiger partial charge in [-0.25, -0.2) is 0 Å². The first-order valence-corrected chi connectivity index (χ1v) is 12.2. The predicted octanol–water partition coefficient (Wildman–Crippen LogP) is 8.08. The molecule has 0 bridgehead atoms. The summed E-state index contributed by atoms with van der Waals surface area (Å²) in [6.07, 6.45) is 4.96. The van der Waals surface area contributed by atoms with E-state index < -0.39 is 0 Å². The van der Waals surface area contributed by atoms with Crippen molar-refractivity contribution in [3.63, 3.8) is 0 Å². The molecule has 0 aliphatic carbocycles. The van der Waals surface area contributed by atoms with Crippen LogP contribution in [0.3, 0.4) is 0 Å². The predicted molar refractivity (Wildman–Crippen MR) is 139 cm³/mol. The molecular weight excluding hydrogens is 406 g/mol. The lowest BCUT2D eigenvalue weighted by molar-refractivity contribution is -0.148. The molecule has 3 heteroatoms. The number of nitrogens with zero attached hydrogens (tertiary/aromatic N) is 1. The summed E-state index contributed by atoms with van der Waals surface area (Å²) in [7, 11) is 0. The second kappa shape index (κ2) is 12.2. The third-order valence-electron chi connectivity index (χ3n) is 6.15. The van der Waals surface area contributed by atoms with E-state index >= 15 is 0 Å². The number of hydrogen-bond acceptors (Lipinski definition) is 3. The Hall–Kier alpha value is -3.07. The van der Waals surface area contributed by atoms with Crippen LogP contribution in [0.5, 0.6) is 0 Å². The Kier molecular flexibility index (Phi) is 9.12. The molecule has 1 unspecified atom stereocenters. The van der Waals surface area contributed by atoms with Crippen LogP contribution in [-0.2, 0) is 16.0 Å². The molecule has 0 saturated heterocycles. The highest BCUT2D eigenvalue weighted by Gasteiger charge is 2.13. The molecule has 0 radical (unpaired) electrons. The van der Waals surface area contributed by atoms with E-state index in [4.69, 9.17) is 4.74 Å². The van der Waals surface area contributed by atoms with Crippen molar-refractivity contribution in [3.8, 4) is 0 Å². The highest BCUT2D eigenvalue weighted by Crippen LogP contribution is 2.34. The molecule has 0 heterocycles. The number of hydrogen-bond donors (Lipinski definition) is 0. The van der Waals surface area contributed by atoms with E-state index in [1.807, 2.05) is 13.8 Å². The second-order valence-electron chi connectivity index (χ2n) is 8.96. The lowest BCUT2D eigenvalue weighted by Crippen LogP contribution is -2.14. The molecular formula is C30H37NO2. The Morgan fingerprint density at radius 1 is 0.758 bits per heavy atom. The van der Waals surface area contributed by atoms with Crippen molar-refractivity contribution in [2.75, 3.05) is 11.5 Å². The summed E-state index contributed by atoms with van der Waals surface area (Å²) in [5, 5.41) is 0. The molecule has 0 fully saturated rings. The maximum Gasteiger partial charge on any atom is 0.308 e. The summed E-state index contributed by atoms with van der Waals surface area (Å²) in [6, 6.07) is 26.2. The summed E-state index contributed by atoms with van der Waals surface area (Å²) in [4.78, 5) is 14.0. The van der Waals surface area contributed by atoms with Gasteiger partial charge in [-0.2, -0.15) is 0 Å². The molecule has 0 N–H and O–H groups in total. The third kappa shape index (κ3) is 7.21. The number of aryl methyl sites for hydroxylation is 3. The number of ether oxygens (including phenoxy) is 1.